The molecule has 1 aliphatic rings. The van der Waals surface area contributed by atoms with Crippen molar-refractivity contribution in [2.75, 3.05) is 31.1 Å². The number of ketones is 1. The monoisotopic (exact) mass is 463 g/mol. The number of hydrogen-bond acceptors (Lipinski definition) is 6. The molecule has 0 spiro atoms. The third-order valence-electron chi connectivity index (χ3n) is 4.57. The van der Waals surface area contributed by atoms with Crippen molar-refractivity contribution in [2.24, 2.45) is 4.99 Å². The first-order chi connectivity index (χ1) is 15.1. The standard InChI is InChI=1S/C22H23F2N3O4S/c1-4-32(29,30)26-19-7-6-16(31-21-8-5-15(23)10-18(21)24)11-17(19)22-20(28)9-14(12-25-22)13-27(2)3/h5-12,22,26H,4,13H2,1-3H3. The molecule has 0 amide bonds. The number of halogens is 2. The quantitative estimate of drug-likeness (QED) is 0.645. The number of ether oxygens (including phenoxy) is 1. The van der Waals surface area contributed by atoms with Crippen molar-refractivity contribution < 1.29 is 26.7 Å². The van der Waals surface area contributed by atoms with E-state index in [1.165, 1.54) is 31.2 Å². The molecular weight excluding hydrogens is 440 g/mol. The maximum Gasteiger partial charge on any atom is 0.232 e. The van der Waals surface area contributed by atoms with Gasteiger partial charge in [-0.3, -0.25) is 14.5 Å². The molecule has 0 bridgehead atoms. The minimum atomic E-state index is -3.64. The molecule has 0 aromatic heterocycles. The SMILES string of the molecule is CCS(=O)(=O)Nc1ccc(Oc2ccc(F)cc2F)cc1C1N=CC(CN(C)C)=CC1=O. The first-order valence-electron chi connectivity index (χ1n) is 9.77. The third-order valence-corrected chi connectivity index (χ3v) is 5.86. The van der Waals surface area contributed by atoms with Crippen molar-refractivity contribution in [1.82, 2.24) is 4.90 Å². The lowest BCUT2D eigenvalue weighted by atomic mass is 9.97. The van der Waals surface area contributed by atoms with Crippen LogP contribution in [0.5, 0.6) is 11.5 Å². The molecule has 0 saturated heterocycles. The van der Waals surface area contributed by atoms with Crippen molar-refractivity contribution in [1.29, 1.82) is 0 Å². The number of likely N-dealkylation sites (N-methyl/N-ethyl adjacent to an activating group) is 1. The highest BCUT2D eigenvalue weighted by Crippen LogP contribution is 2.35. The molecule has 0 saturated carbocycles. The van der Waals surface area contributed by atoms with Gasteiger partial charge in [-0.2, -0.15) is 0 Å². The zero-order chi connectivity index (χ0) is 23.5. The fourth-order valence-electron chi connectivity index (χ4n) is 3.08. The van der Waals surface area contributed by atoms with Crippen LogP contribution in [0.2, 0.25) is 0 Å². The van der Waals surface area contributed by atoms with E-state index < -0.39 is 27.7 Å². The molecule has 10 heteroatoms. The summed E-state index contributed by atoms with van der Waals surface area (Å²) in [4.78, 5) is 19.0. The maximum absolute atomic E-state index is 14.0. The van der Waals surface area contributed by atoms with Gasteiger partial charge in [-0.1, -0.05) is 0 Å². The van der Waals surface area contributed by atoms with Gasteiger partial charge in [0.25, 0.3) is 0 Å². The number of carbonyl (C=O) groups excluding carboxylic acids is 1. The highest BCUT2D eigenvalue weighted by atomic mass is 32.2. The van der Waals surface area contributed by atoms with Crippen LogP contribution >= 0.6 is 0 Å². The number of carbonyl (C=O) groups is 1. The van der Waals surface area contributed by atoms with Crippen LogP contribution in [-0.2, 0) is 14.8 Å². The molecule has 32 heavy (non-hydrogen) atoms. The zero-order valence-electron chi connectivity index (χ0n) is 17.8. The van der Waals surface area contributed by atoms with Crippen molar-refractivity contribution in [3.8, 4) is 11.5 Å². The van der Waals surface area contributed by atoms with E-state index in [1.807, 2.05) is 19.0 Å². The average molecular weight is 464 g/mol. The van der Waals surface area contributed by atoms with Crippen molar-refractivity contribution in [2.45, 2.75) is 13.0 Å². The van der Waals surface area contributed by atoms with E-state index in [1.54, 1.807) is 6.21 Å². The number of benzene rings is 2. The summed E-state index contributed by atoms with van der Waals surface area (Å²) < 4.78 is 59.4. The molecule has 1 aliphatic heterocycles. The molecule has 0 aliphatic carbocycles. The van der Waals surface area contributed by atoms with Crippen molar-refractivity contribution in [3.63, 3.8) is 0 Å². The van der Waals surface area contributed by atoms with Crippen LogP contribution in [0, 0.1) is 11.6 Å². The Morgan fingerprint density at radius 3 is 2.53 bits per heavy atom. The first kappa shape index (κ1) is 23.6. The number of hydrogen-bond donors (Lipinski definition) is 1. The van der Waals surface area contributed by atoms with Gasteiger partial charge in [0, 0.05) is 24.4 Å². The van der Waals surface area contributed by atoms with E-state index >= 15 is 0 Å². The van der Waals surface area contributed by atoms with Crippen LogP contribution in [0.3, 0.4) is 0 Å². The summed E-state index contributed by atoms with van der Waals surface area (Å²) in [6.07, 6.45) is 3.03. The lowest BCUT2D eigenvalue weighted by Crippen LogP contribution is -2.22. The average Bonchev–Trinajstić information content (AvgIpc) is 2.71. The number of aliphatic imine (C=N–C) groups is 1. The van der Waals surface area contributed by atoms with E-state index in [0.29, 0.717) is 18.2 Å². The number of anilines is 1. The lowest BCUT2D eigenvalue weighted by Gasteiger charge is -2.21. The molecule has 2 aromatic rings. The Balaban J connectivity index is 1.99. The fourth-order valence-corrected chi connectivity index (χ4v) is 3.74. The Kier molecular flexibility index (Phi) is 7.05. The number of nitrogens with one attached hydrogen (secondary N) is 1. The molecule has 1 unspecified atom stereocenters. The van der Waals surface area contributed by atoms with E-state index in [0.717, 1.165) is 12.1 Å². The van der Waals surface area contributed by atoms with Gasteiger partial charge in [0.2, 0.25) is 10.0 Å². The second kappa shape index (κ2) is 9.58. The predicted molar refractivity (Wildman–Crippen MR) is 119 cm³/mol. The zero-order valence-corrected chi connectivity index (χ0v) is 18.6. The Hall–Kier alpha value is -3.11. The van der Waals surface area contributed by atoms with Crippen LogP contribution in [0.4, 0.5) is 14.5 Å². The minimum absolute atomic E-state index is 0.135. The summed E-state index contributed by atoms with van der Waals surface area (Å²) in [7, 11) is 0.0800. The Bertz CT molecular complexity index is 1190. The highest BCUT2D eigenvalue weighted by Gasteiger charge is 2.26. The van der Waals surface area contributed by atoms with E-state index in [4.69, 9.17) is 4.74 Å². The molecule has 1 N–H and O–H groups in total. The summed E-state index contributed by atoms with van der Waals surface area (Å²) in [6, 6.07) is 6.13. The van der Waals surface area contributed by atoms with Crippen LogP contribution in [0.1, 0.15) is 18.5 Å². The molecule has 7 nitrogen and oxygen atoms in total. The number of sulfonamides is 1. The van der Waals surface area contributed by atoms with Gasteiger partial charge in [-0.25, -0.2) is 17.2 Å². The van der Waals surface area contributed by atoms with Gasteiger partial charge < -0.3 is 9.64 Å². The summed E-state index contributed by atoms with van der Waals surface area (Å²) >= 11 is 0. The Morgan fingerprint density at radius 1 is 1.16 bits per heavy atom. The fraction of sp³-hybridized carbons (Fsp3) is 0.273. The molecular formula is C22H23F2N3O4S. The van der Waals surface area contributed by atoms with Crippen LogP contribution in [0.15, 0.2) is 53.0 Å². The second-order valence-electron chi connectivity index (χ2n) is 7.47. The van der Waals surface area contributed by atoms with E-state index in [-0.39, 0.29) is 34.3 Å². The molecule has 0 radical (unpaired) electrons. The van der Waals surface area contributed by atoms with E-state index in [9.17, 15) is 22.0 Å². The summed E-state index contributed by atoms with van der Waals surface area (Å²) in [5.74, 6) is -2.22. The summed E-state index contributed by atoms with van der Waals surface area (Å²) in [5.41, 5.74) is 1.13. The second-order valence-corrected chi connectivity index (χ2v) is 9.48. The molecule has 170 valence electrons. The van der Waals surface area contributed by atoms with Crippen LogP contribution in [-0.4, -0.2) is 51.7 Å². The normalized spacial score (nSPS) is 16.2. The number of dihydropyridines is 1. The Labute approximate surface area is 185 Å². The first-order valence-corrected chi connectivity index (χ1v) is 11.4. The lowest BCUT2D eigenvalue weighted by molar-refractivity contribution is -0.115. The number of nitrogens with zero attached hydrogens (tertiary/aromatic N) is 2. The van der Waals surface area contributed by atoms with Gasteiger partial charge in [0.15, 0.2) is 17.3 Å². The van der Waals surface area contributed by atoms with E-state index in [2.05, 4.69) is 9.71 Å². The summed E-state index contributed by atoms with van der Waals surface area (Å²) in [6.45, 7) is 2.00. The van der Waals surface area contributed by atoms with Gasteiger partial charge in [-0.05, 0) is 63.0 Å². The molecule has 1 heterocycles. The molecule has 0 fully saturated rings. The predicted octanol–water partition coefficient (Wildman–Crippen LogP) is 3.70. The summed E-state index contributed by atoms with van der Waals surface area (Å²) in [5, 5.41) is 0. The van der Waals surface area contributed by atoms with Crippen molar-refractivity contribution in [3.05, 3.63) is 65.2 Å². The molecule has 3 rings (SSSR count). The maximum atomic E-state index is 14.0. The van der Waals surface area contributed by atoms with Gasteiger partial charge in [0.1, 0.15) is 17.6 Å². The van der Waals surface area contributed by atoms with Gasteiger partial charge in [0.05, 0.1) is 11.4 Å². The topological polar surface area (TPSA) is 88.1 Å². The minimum Gasteiger partial charge on any atom is -0.454 e. The number of rotatable bonds is 8. The van der Waals surface area contributed by atoms with Crippen molar-refractivity contribution >= 4 is 27.7 Å². The van der Waals surface area contributed by atoms with Gasteiger partial charge >= 0.3 is 0 Å². The third kappa shape index (κ3) is 5.77. The van der Waals surface area contributed by atoms with Crippen LogP contribution in [0.25, 0.3) is 0 Å². The van der Waals surface area contributed by atoms with Gasteiger partial charge in [-0.15, -0.1) is 0 Å². The largest absolute Gasteiger partial charge is 0.454 e. The Morgan fingerprint density at radius 2 is 1.91 bits per heavy atom. The molecule has 2 aromatic carbocycles. The molecule has 1 atom stereocenters. The smallest absolute Gasteiger partial charge is 0.232 e. The van der Waals surface area contributed by atoms with Crippen LogP contribution < -0.4 is 9.46 Å². The highest BCUT2D eigenvalue weighted by molar-refractivity contribution is 7.92.